The molecule has 0 fully saturated rings. The van der Waals surface area contributed by atoms with E-state index in [4.69, 9.17) is 0 Å². The number of hydrogen-bond acceptors (Lipinski definition) is 3. The van der Waals surface area contributed by atoms with Gasteiger partial charge in [0.05, 0.1) is 6.61 Å². The first-order chi connectivity index (χ1) is 11.5. The van der Waals surface area contributed by atoms with Gasteiger partial charge in [-0.2, -0.15) is 26.3 Å². The molecule has 0 spiro atoms. The van der Waals surface area contributed by atoms with E-state index in [1.54, 1.807) is 6.07 Å². The van der Waals surface area contributed by atoms with Gasteiger partial charge in [0.1, 0.15) is 0 Å². The fourth-order valence-corrected chi connectivity index (χ4v) is 2.37. The molecule has 1 aromatic rings. The lowest BCUT2D eigenvalue weighted by Crippen LogP contribution is -2.76. The van der Waals surface area contributed by atoms with E-state index in [0.717, 1.165) is 12.4 Å². The normalized spacial score (nSPS) is 13.2. The zero-order valence-electron chi connectivity index (χ0n) is 13.5. The van der Waals surface area contributed by atoms with Crippen LogP contribution in [0.1, 0.15) is 12.5 Å². The van der Waals surface area contributed by atoms with Crippen molar-refractivity contribution >= 4 is 5.91 Å². The molecule has 1 N–H and O–H groups in total. The number of halogens is 6. The van der Waals surface area contributed by atoms with Gasteiger partial charge in [-0.15, -0.1) is 0 Å². The predicted molar refractivity (Wildman–Crippen MR) is 77.4 cm³/mol. The number of nitrogens with zero attached hydrogens (tertiary/aromatic N) is 1. The van der Waals surface area contributed by atoms with Crippen molar-refractivity contribution in [1.82, 2.24) is 10.2 Å². The molecule has 0 aliphatic heterocycles. The van der Waals surface area contributed by atoms with Crippen molar-refractivity contribution in [2.45, 2.75) is 31.5 Å². The number of benzene rings is 1. The molecular formula is C15H18F6N2O2. The summed E-state index contributed by atoms with van der Waals surface area (Å²) in [6, 6.07) is 7.35. The van der Waals surface area contributed by atoms with E-state index < -0.39 is 37.0 Å². The van der Waals surface area contributed by atoms with Gasteiger partial charge in [0.2, 0.25) is 5.91 Å². The number of ether oxygens (including phenoxy) is 1. The van der Waals surface area contributed by atoms with Gasteiger partial charge in [0.25, 0.3) is 5.66 Å². The molecule has 142 valence electrons. The Morgan fingerprint density at radius 3 is 2.00 bits per heavy atom. The van der Waals surface area contributed by atoms with E-state index in [9.17, 15) is 31.1 Å². The van der Waals surface area contributed by atoms with Crippen LogP contribution in [0.4, 0.5) is 26.3 Å². The second-order valence-electron chi connectivity index (χ2n) is 5.29. The van der Waals surface area contributed by atoms with Crippen LogP contribution in [-0.4, -0.2) is 49.1 Å². The maximum atomic E-state index is 13.6. The van der Waals surface area contributed by atoms with Gasteiger partial charge >= 0.3 is 12.4 Å². The number of methoxy groups -OCH3 is 1. The average Bonchev–Trinajstić information content (AvgIpc) is 2.47. The summed E-state index contributed by atoms with van der Waals surface area (Å²) in [4.78, 5) is 11.3. The van der Waals surface area contributed by atoms with Gasteiger partial charge in [-0.1, -0.05) is 30.3 Å². The Kier molecular flexibility index (Phi) is 6.83. The van der Waals surface area contributed by atoms with E-state index in [1.807, 2.05) is 0 Å². The summed E-state index contributed by atoms with van der Waals surface area (Å²) < 4.78 is 86.2. The molecule has 0 heterocycles. The lowest BCUT2D eigenvalue weighted by molar-refractivity contribution is -0.352. The number of carbonyl (C=O) groups is 1. The summed E-state index contributed by atoms with van der Waals surface area (Å²) in [5.41, 5.74) is -4.30. The van der Waals surface area contributed by atoms with E-state index in [2.05, 4.69) is 4.74 Å². The van der Waals surface area contributed by atoms with Gasteiger partial charge in [0.15, 0.2) is 0 Å². The molecule has 0 aliphatic carbocycles. The first kappa shape index (κ1) is 21.2. The predicted octanol–water partition coefficient (Wildman–Crippen LogP) is 3.09. The van der Waals surface area contributed by atoms with Gasteiger partial charge in [-0.05, 0) is 5.56 Å². The first-order valence-corrected chi connectivity index (χ1v) is 7.16. The molecule has 10 heteroatoms. The Balaban J connectivity index is 3.47. The number of alkyl halides is 6. The number of amides is 1. The van der Waals surface area contributed by atoms with E-state index >= 15 is 0 Å². The summed E-state index contributed by atoms with van der Waals surface area (Å²) in [5, 5.41) is 1.08. The molecule has 1 aromatic carbocycles. The number of nitrogens with one attached hydrogen (secondary N) is 1. The molecule has 4 nitrogen and oxygen atoms in total. The van der Waals surface area contributed by atoms with Crippen molar-refractivity contribution in [1.29, 1.82) is 0 Å². The highest BCUT2D eigenvalue weighted by molar-refractivity contribution is 5.74. The quantitative estimate of drug-likeness (QED) is 0.591. The Labute approximate surface area is 140 Å². The molecule has 0 bridgehead atoms. The van der Waals surface area contributed by atoms with Crippen molar-refractivity contribution in [2.75, 3.05) is 20.3 Å². The van der Waals surface area contributed by atoms with Crippen LogP contribution in [0.25, 0.3) is 0 Å². The first-order valence-electron chi connectivity index (χ1n) is 7.16. The van der Waals surface area contributed by atoms with Crippen LogP contribution in [0, 0.1) is 0 Å². The molecule has 1 rings (SSSR count). The Bertz CT molecular complexity index is 545. The summed E-state index contributed by atoms with van der Waals surface area (Å²) in [7, 11) is 1.15. The number of rotatable bonds is 7. The summed E-state index contributed by atoms with van der Waals surface area (Å²) in [5.74, 6) is -1.45. The topological polar surface area (TPSA) is 41.6 Å². The fourth-order valence-electron chi connectivity index (χ4n) is 2.37. The van der Waals surface area contributed by atoms with Crippen molar-refractivity contribution in [2.24, 2.45) is 0 Å². The standard InChI is InChI=1S/C15H18F6N2O2/c1-11(24)22-13(14(16,17)18,15(19,20)21)23(8-9-25-2)10-12-6-4-3-5-7-12/h3-7H,8-10H2,1-2H3,(H,22,24). The van der Waals surface area contributed by atoms with E-state index in [-0.39, 0.29) is 17.1 Å². The molecule has 0 aliphatic rings. The highest BCUT2D eigenvalue weighted by Crippen LogP contribution is 2.46. The third-order valence-electron chi connectivity index (χ3n) is 3.43. The molecule has 25 heavy (non-hydrogen) atoms. The van der Waals surface area contributed by atoms with E-state index in [1.165, 1.54) is 24.3 Å². The lowest BCUT2D eigenvalue weighted by atomic mass is 10.0. The van der Waals surface area contributed by atoms with Crippen molar-refractivity contribution in [3.05, 3.63) is 35.9 Å². The molecule has 0 saturated carbocycles. The fraction of sp³-hybridized carbons (Fsp3) is 0.533. The highest BCUT2D eigenvalue weighted by atomic mass is 19.4. The summed E-state index contributed by atoms with van der Waals surface area (Å²) in [6.07, 6.45) is -11.6. The van der Waals surface area contributed by atoms with Gasteiger partial charge in [-0.25, -0.2) is 0 Å². The number of carbonyl (C=O) groups excluding carboxylic acids is 1. The molecule has 0 atom stereocenters. The van der Waals surface area contributed by atoms with Crippen LogP contribution < -0.4 is 5.32 Å². The van der Waals surface area contributed by atoms with Crippen molar-refractivity contribution < 1.29 is 35.9 Å². The van der Waals surface area contributed by atoms with Gasteiger partial charge < -0.3 is 10.1 Å². The second kappa shape index (κ2) is 8.05. The van der Waals surface area contributed by atoms with Gasteiger partial charge in [0, 0.05) is 27.1 Å². The lowest BCUT2D eigenvalue weighted by Gasteiger charge is -2.45. The zero-order valence-corrected chi connectivity index (χ0v) is 13.5. The van der Waals surface area contributed by atoms with Crippen LogP contribution in [0.3, 0.4) is 0 Å². The van der Waals surface area contributed by atoms with Gasteiger partial charge in [-0.3, -0.25) is 9.69 Å². The summed E-state index contributed by atoms with van der Waals surface area (Å²) >= 11 is 0. The highest BCUT2D eigenvalue weighted by Gasteiger charge is 2.74. The molecular weight excluding hydrogens is 354 g/mol. The maximum Gasteiger partial charge on any atom is 0.434 e. The molecule has 0 saturated heterocycles. The maximum absolute atomic E-state index is 13.6. The van der Waals surface area contributed by atoms with Crippen LogP contribution in [0.5, 0.6) is 0 Å². The van der Waals surface area contributed by atoms with Crippen LogP contribution in [0.2, 0.25) is 0 Å². The molecule has 0 aromatic heterocycles. The van der Waals surface area contributed by atoms with Crippen LogP contribution >= 0.6 is 0 Å². The Morgan fingerprint density at radius 1 is 1.08 bits per heavy atom. The molecule has 1 amide bonds. The Hall–Kier alpha value is -1.81. The van der Waals surface area contributed by atoms with Crippen molar-refractivity contribution in [3.63, 3.8) is 0 Å². The third-order valence-corrected chi connectivity index (χ3v) is 3.43. The summed E-state index contributed by atoms with van der Waals surface area (Å²) in [6.45, 7) is -1.18. The Morgan fingerprint density at radius 2 is 1.60 bits per heavy atom. The van der Waals surface area contributed by atoms with Crippen molar-refractivity contribution in [3.8, 4) is 0 Å². The smallest absolute Gasteiger partial charge is 0.383 e. The van der Waals surface area contributed by atoms with E-state index in [0.29, 0.717) is 6.92 Å². The second-order valence-corrected chi connectivity index (χ2v) is 5.29. The minimum Gasteiger partial charge on any atom is -0.383 e. The third kappa shape index (κ3) is 4.85. The largest absolute Gasteiger partial charge is 0.434 e. The molecule has 0 radical (unpaired) electrons. The van der Waals surface area contributed by atoms with Crippen LogP contribution in [0.15, 0.2) is 30.3 Å². The monoisotopic (exact) mass is 372 g/mol. The molecule has 0 unspecified atom stereocenters. The minimum absolute atomic E-state index is 0.118. The van der Waals surface area contributed by atoms with Crippen LogP contribution in [-0.2, 0) is 16.1 Å². The number of hydrogen-bond donors (Lipinski definition) is 1. The zero-order chi connectivity index (χ0) is 19.3. The minimum atomic E-state index is -5.81. The average molecular weight is 372 g/mol. The SMILES string of the molecule is COCCN(Cc1ccccc1)C(NC(C)=O)(C(F)(F)F)C(F)(F)F.